The van der Waals surface area contributed by atoms with Gasteiger partial charge in [-0.3, -0.25) is 4.99 Å². The van der Waals surface area contributed by atoms with Gasteiger partial charge in [0.15, 0.2) is 5.96 Å². The minimum Gasteiger partial charge on any atom is -0.497 e. The fraction of sp³-hybridized carbons (Fsp3) is 0.650. The second-order valence-corrected chi connectivity index (χ2v) is 6.78. The van der Waals surface area contributed by atoms with E-state index in [-0.39, 0.29) is 24.0 Å². The highest BCUT2D eigenvalue weighted by atomic mass is 127. The molecule has 0 aromatic heterocycles. The number of benzene rings is 1. The predicted octanol–water partition coefficient (Wildman–Crippen LogP) is 3.87. The van der Waals surface area contributed by atoms with E-state index in [1.165, 1.54) is 32.1 Å². The molecule has 148 valence electrons. The van der Waals surface area contributed by atoms with E-state index in [4.69, 9.17) is 4.74 Å². The Bertz CT molecular complexity index is 546. The third-order valence-corrected chi connectivity index (χ3v) is 5.01. The van der Waals surface area contributed by atoms with Crippen molar-refractivity contribution in [2.75, 3.05) is 20.2 Å². The zero-order valence-corrected chi connectivity index (χ0v) is 18.5. The Kier molecular flexibility index (Phi) is 11.0. The summed E-state index contributed by atoms with van der Waals surface area (Å²) in [6.45, 7) is 5.48. The van der Waals surface area contributed by atoms with Gasteiger partial charge in [-0.1, -0.05) is 25.5 Å². The monoisotopic (exact) mass is 475 g/mol. The Hall–Kier alpha value is -1.02. The average Bonchev–Trinajstić information content (AvgIpc) is 2.66. The molecule has 0 spiro atoms. The Morgan fingerprint density at radius 2 is 2.00 bits per heavy atom. The van der Waals surface area contributed by atoms with Crippen LogP contribution in [0, 0.1) is 5.92 Å². The van der Waals surface area contributed by atoms with Gasteiger partial charge in [0.25, 0.3) is 0 Å². The number of hydrogen-bond donors (Lipinski definition) is 3. The second kappa shape index (κ2) is 12.4. The molecule has 1 unspecified atom stereocenters. The Labute approximate surface area is 175 Å². The van der Waals surface area contributed by atoms with Gasteiger partial charge in [-0.25, -0.2) is 0 Å². The lowest BCUT2D eigenvalue weighted by molar-refractivity contribution is 0.186. The molecule has 3 N–H and O–H groups in total. The number of aliphatic imine (C=N–C) groups is 1. The van der Waals surface area contributed by atoms with Crippen LogP contribution in [0.5, 0.6) is 5.75 Å². The standard InChI is InChI=1S/C20H33N3O2.HI/c1-4-15-9-11-17(12-10-15)23-20(21-5-2)22-14-19(24)16-7-6-8-18(13-16)25-3;/h6-8,13,15,17,19,24H,4-5,9-12,14H2,1-3H3,(H2,21,22,23);1H. The van der Waals surface area contributed by atoms with E-state index in [2.05, 4.69) is 29.5 Å². The van der Waals surface area contributed by atoms with Crippen LogP contribution in [-0.4, -0.2) is 37.3 Å². The topological polar surface area (TPSA) is 65.9 Å². The highest BCUT2D eigenvalue weighted by molar-refractivity contribution is 14.0. The lowest BCUT2D eigenvalue weighted by Gasteiger charge is -2.29. The molecule has 0 radical (unpaired) electrons. The summed E-state index contributed by atoms with van der Waals surface area (Å²) < 4.78 is 5.22. The van der Waals surface area contributed by atoms with Crippen LogP contribution in [0.4, 0.5) is 0 Å². The zero-order chi connectivity index (χ0) is 18.1. The van der Waals surface area contributed by atoms with E-state index >= 15 is 0 Å². The first-order valence-corrected chi connectivity index (χ1v) is 9.53. The number of nitrogens with zero attached hydrogens (tertiary/aromatic N) is 1. The van der Waals surface area contributed by atoms with Crippen molar-refractivity contribution in [2.24, 2.45) is 10.9 Å². The first kappa shape index (κ1) is 23.0. The van der Waals surface area contributed by atoms with Crippen LogP contribution in [0.3, 0.4) is 0 Å². The van der Waals surface area contributed by atoms with Crippen molar-refractivity contribution in [3.05, 3.63) is 29.8 Å². The van der Waals surface area contributed by atoms with Gasteiger partial charge in [-0.2, -0.15) is 0 Å². The Morgan fingerprint density at radius 1 is 1.27 bits per heavy atom. The van der Waals surface area contributed by atoms with Crippen molar-refractivity contribution in [1.29, 1.82) is 0 Å². The number of aliphatic hydroxyl groups is 1. The highest BCUT2D eigenvalue weighted by Crippen LogP contribution is 2.26. The molecule has 1 saturated carbocycles. The van der Waals surface area contributed by atoms with E-state index in [1.54, 1.807) is 7.11 Å². The molecule has 0 heterocycles. The van der Waals surface area contributed by atoms with Crippen LogP contribution in [0.1, 0.15) is 57.6 Å². The molecule has 1 aliphatic rings. The molecular formula is C20H34IN3O2. The minimum atomic E-state index is -0.638. The van der Waals surface area contributed by atoms with Crippen LogP contribution in [-0.2, 0) is 0 Å². The van der Waals surface area contributed by atoms with Crippen LogP contribution < -0.4 is 15.4 Å². The van der Waals surface area contributed by atoms with Gasteiger partial charge in [-0.05, 0) is 56.2 Å². The molecule has 0 aliphatic heterocycles. The van der Waals surface area contributed by atoms with Crippen LogP contribution in [0.2, 0.25) is 0 Å². The largest absolute Gasteiger partial charge is 0.497 e. The molecule has 1 aromatic rings. The molecule has 1 aromatic carbocycles. The normalized spacial score (nSPS) is 21.5. The van der Waals surface area contributed by atoms with Gasteiger partial charge in [0, 0.05) is 12.6 Å². The maximum absolute atomic E-state index is 10.4. The summed E-state index contributed by atoms with van der Waals surface area (Å²) in [5.41, 5.74) is 0.822. The second-order valence-electron chi connectivity index (χ2n) is 6.78. The summed E-state index contributed by atoms with van der Waals surface area (Å²) in [6, 6.07) is 7.99. The van der Waals surface area contributed by atoms with E-state index in [1.807, 2.05) is 24.3 Å². The highest BCUT2D eigenvalue weighted by Gasteiger charge is 2.20. The SMILES string of the molecule is CCNC(=NCC(O)c1cccc(OC)c1)NC1CCC(CC)CC1.I. The average molecular weight is 475 g/mol. The molecule has 6 heteroatoms. The number of aliphatic hydroxyl groups excluding tert-OH is 1. The number of ether oxygens (including phenoxy) is 1. The third kappa shape index (κ3) is 7.31. The third-order valence-electron chi connectivity index (χ3n) is 5.01. The van der Waals surface area contributed by atoms with E-state index < -0.39 is 6.10 Å². The van der Waals surface area contributed by atoms with Gasteiger partial charge in [-0.15, -0.1) is 24.0 Å². The van der Waals surface area contributed by atoms with Gasteiger partial charge >= 0.3 is 0 Å². The number of halogens is 1. The molecular weight excluding hydrogens is 441 g/mol. The van der Waals surface area contributed by atoms with Crippen molar-refractivity contribution in [1.82, 2.24) is 10.6 Å². The quantitative estimate of drug-likeness (QED) is 0.318. The molecule has 5 nitrogen and oxygen atoms in total. The molecule has 1 aliphatic carbocycles. The minimum absolute atomic E-state index is 0. The first-order chi connectivity index (χ1) is 12.2. The maximum atomic E-state index is 10.4. The number of methoxy groups -OCH3 is 1. The van der Waals surface area contributed by atoms with Crippen molar-refractivity contribution in [2.45, 2.75) is 58.1 Å². The van der Waals surface area contributed by atoms with Gasteiger partial charge in [0.05, 0.1) is 19.8 Å². The number of guanidine groups is 1. The number of hydrogen-bond acceptors (Lipinski definition) is 3. The molecule has 0 bridgehead atoms. The van der Waals surface area contributed by atoms with Gasteiger partial charge in [0.2, 0.25) is 0 Å². The fourth-order valence-electron chi connectivity index (χ4n) is 3.36. The summed E-state index contributed by atoms with van der Waals surface area (Å²) in [5.74, 6) is 2.43. The van der Waals surface area contributed by atoms with Crippen molar-refractivity contribution in [3.8, 4) is 5.75 Å². The number of nitrogens with one attached hydrogen (secondary N) is 2. The van der Waals surface area contributed by atoms with Gasteiger partial charge < -0.3 is 20.5 Å². The van der Waals surface area contributed by atoms with Gasteiger partial charge in [0.1, 0.15) is 5.75 Å². The van der Waals surface area contributed by atoms with Crippen LogP contribution in [0.25, 0.3) is 0 Å². The molecule has 26 heavy (non-hydrogen) atoms. The molecule has 2 rings (SSSR count). The summed E-state index contributed by atoms with van der Waals surface area (Å²) in [7, 11) is 1.63. The Balaban J connectivity index is 0.00000338. The van der Waals surface area contributed by atoms with Crippen LogP contribution >= 0.6 is 24.0 Å². The van der Waals surface area contributed by atoms with E-state index in [0.29, 0.717) is 12.6 Å². The lowest BCUT2D eigenvalue weighted by Crippen LogP contribution is -2.45. The van der Waals surface area contributed by atoms with E-state index in [9.17, 15) is 5.11 Å². The van der Waals surface area contributed by atoms with Crippen molar-refractivity contribution < 1.29 is 9.84 Å². The van der Waals surface area contributed by atoms with Crippen molar-refractivity contribution >= 4 is 29.9 Å². The summed E-state index contributed by atoms with van der Waals surface area (Å²) in [6.07, 6.45) is 5.62. The lowest BCUT2D eigenvalue weighted by atomic mass is 9.84. The van der Waals surface area contributed by atoms with Crippen LogP contribution in [0.15, 0.2) is 29.3 Å². The molecule has 1 fully saturated rings. The molecule has 0 amide bonds. The van der Waals surface area contributed by atoms with E-state index in [0.717, 1.165) is 29.7 Å². The summed E-state index contributed by atoms with van der Waals surface area (Å²) in [5, 5.41) is 17.2. The fourth-order valence-corrected chi connectivity index (χ4v) is 3.36. The predicted molar refractivity (Wildman–Crippen MR) is 119 cm³/mol. The maximum Gasteiger partial charge on any atom is 0.191 e. The molecule has 1 atom stereocenters. The van der Waals surface area contributed by atoms with Crippen molar-refractivity contribution in [3.63, 3.8) is 0 Å². The zero-order valence-electron chi connectivity index (χ0n) is 16.2. The number of rotatable bonds is 7. The first-order valence-electron chi connectivity index (χ1n) is 9.53. The summed E-state index contributed by atoms with van der Waals surface area (Å²) >= 11 is 0. The smallest absolute Gasteiger partial charge is 0.191 e. The summed E-state index contributed by atoms with van der Waals surface area (Å²) in [4.78, 5) is 4.58. The molecule has 0 saturated heterocycles. The Morgan fingerprint density at radius 3 is 2.62 bits per heavy atom.